The molecule has 1 fully saturated rings. The summed E-state index contributed by atoms with van der Waals surface area (Å²) in [6, 6.07) is 10.00. The lowest BCUT2D eigenvalue weighted by atomic mass is 10.1. The number of carbonyl (C=O) groups excluding carboxylic acids is 1. The van der Waals surface area contributed by atoms with Gasteiger partial charge in [-0.2, -0.15) is 0 Å². The third-order valence-electron chi connectivity index (χ3n) is 4.27. The molecule has 1 aliphatic heterocycles. The summed E-state index contributed by atoms with van der Waals surface area (Å²) < 4.78 is 0.664. The Balaban J connectivity index is 1.67. The third-order valence-corrected chi connectivity index (χ3v) is 5.49. The van der Waals surface area contributed by atoms with Crippen LogP contribution in [0.5, 0.6) is 0 Å². The fourth-order valence-corrected chi connectivity index (χ4v) is 3.82. The van der Waals surface area contributed by atoms with E-state index < -0.39 is 0 Å². The zero-order chi connectivity index (χ0) is 15.7. The van der Waals surface area contributed by atoms with Gasteiger partial charge in [0.05, 0.1) is 9.21 Å². The van der Waals surface area contributed by atoms with Crippen molar-refractivity contribution >= 4 is 34.5 Å². The van der Waals surface area contributed by atoms with Gasteiger partial charge in [-0.1, -0.05) is 23.7 Å². The molecule has 0 aliphatic carbocycles. The van der Waals surface area contributed by atoms with Gasteiger partial charge in [0, 0.05) is 31.9 Å². The number of aryl methyl sites for hydroxylation is 1. The van der Waals surface area contributed by atoms with Gasteiger partial charge in [-0.3, -0.25) is 4.79 Å². The molecule has 0 atom stereocenters. The number of nitrogens with zero attached hydrogens (tertiary/aromatic N) is 2. The van der Waals surface area contributed by atoms with E-state index in [-0.39, 0.29) is 5.91 Å². The maximum atomic E-state index is 12.4. The first kappa shape index (κ1) is 15.4. The number of thiophene rings is 1. The van der Waals surface area contributed by atoms with Crippen LogP contribution < -0.4 is 4.90 Å². The van der Waals surface area contributed by atoms with Gasteiger partial charge in [0.15, 0.2) is 0 Å². The Morgan fingerprint density at radius 1 is 1.09 bits per heavy atom. The van der Waals surface area contributed by atoms with Crippen molar-refractivity contribution in [3.63, 3.8) is 0 Å². The zero-order valence-corrected chi connectivity index (χ0v) is 14.4. The number of anilines is 1. The van der Waals surface area contributed by atoms with Gasteiger partial charge >= 0.3 is 0 Å². The van der Waals surface area contributed by atoms with E-state index >= 15 is 0 Å². The van der Waals surface area contributed by atoms with Gasteiger partial charge in [0.2, 0.25) is 0 Å². The molecule has 116 valence electrons. The van der Waals surface area contributed by atoms with Crippen molar-refractivity contribution in [1.82, 2.24) is 4.90 Å². The van der Waals surface area contributed by atoms with Crippen molar-refractivity contribution in [2.24, 2.45) is 0 Å². The summed E-state index contributed by atoms with van der Waals surface area (Å²) in [5, 5.41) is 0. The van der Waals surface area contributed by atoms with Crippen LogP contribution in [0.25, 0.3) is 0 Å². The number of carbonyl (C=O) groups is 1. The average molecular weight is 335 g/mol. The van der Waals surface area contributed by atoms with Crippen LogP contribution in [0.15, 0.2) is 30.3 Å². The number of hydrogen-bond acceptors (Lipinski definition) is 3. The van der Waals surface area contributed by atoms with Gasteiger partial charge in [-0.15, -0.1) is 11.3 Å². The molecule has 0 saturated carbocycles. The number of hydrogen-bond donors (Lipinski definition) is 0. The van der Waals surface area contributed by atoms with E-state index in [0.29, 0.717) is 4.34 Å². The first-order valence-electron chi connectivity index (χ1n) is 7.42. The summed E-state index contributed by atoms with van der Waals surface area (Å²) in [5.41, 5.74) is 3.92. The largest absolute Gasteiger partial charge is 0.368 e. The summed E-state index contributed by atoms with van der Waals surface area (Å²) in [6.07, 6.45) is 0. The molecule has 1 saturated heterocycles. The molecule has 1 amide bonds. The summed E-state index contributed by atoms with van der Waals surface area (Å²) >= 11 is 7.27. The van der Waals surface area contributed by atoms with Crippen molar-refractivity contribution in [2.75, 3.05) is 31.1 Å². The van der Waals surface area contributed by atoms with E-state index in [1.165, 1.54) is 28.2 Å². The molecular weight excluding hydrogens is 316 g/mol. The summed E-state index contributed by atoms with van der Waals surface area (Å²) in [4.78, 5) is 17.5. The van der Waals surface area contributed by atoms with Crippen molar-refractivity contribution in [2.45, 2.75) is 13.8 Å². The van der Waals surface area contributed by atoms with Crippen LogP contribution in [0.3, 0.4) is 0 Å². The minimum atomic E-state index is 0.0949. The molecule has 1 aliphatic rings. The standard InChI is InChI=1S/C17H19ClN2OS/c1-12-4-3-5-14(13(12)2)19-8-10-20(11-9-19)17(21)15-6-7-16(18)22-15/h3-7H,8-11H2,1-2H3. The fourth-order valence-electron chi connectivity index (χ4n) is 2.81. The Morgan fingerprint density at radius 3 is 2.45 bits per heavy atom. The van der Waals surface area contributed by atoms with Crippen molar-refractivity contribution < 1.29 is 4.79 Å². The summed E-state index contributed by atoms with van der Waals surface area (Å²) in [7, 11) is 0. The van der Waals surface area contributed by atoms with Crippen molar-refractivity contribution in [3.8, 4) is 0 Å². The van der Waals surface area contributed by atoms with Crippen LogP contribution in [0, 0.1) is 13.8 Å². The molecule has 0 spiro atoms. The van der Waals surface area contributed by atoms with Gasteiger partial charge < -0.3 is 9.80 Å². The monoisotopic (exact) mass is 334 g/mol. The molecule has 2 aromatic rings. The lowest BCUT2D eigenvalue weighted by molar-refractivity contribution is 0.0751. The van der Waals surface area contributed by atoms with Crippen LogP contribution in [-0.2, 0) is 0 Å². The molecule has 22 heavy (non-hydrogen) atoms. The highest BCUT2D eigenvalue weighted by Crippen LogP contribution is 2.26. The third kappa shape index (κ3) is 2.99. The molecule has 0 bridgehead atoms. The van der Waals surface area contributed by atoms with E-state index in [1.54, 1.807) is 6.07 Å². The predicted octanol–water partition coefficient (Wildman–Crippen LogP) is 3.98. The van der Waals surface area contributed by atoms with Crippen molar-refractivity contribution in [1.29, 1.82) is 0 Å². The Labute approximate surface area is 140 Å². The van der Waals surface area contributed by atoms with Crippen molar-refractivity contribution in [3.05, 3.63) is 50.7 Å². The van der Waals surface area contributed by atoms with E-state index in [9.17, 15) is 4.79 Å². The lowest BCUT2D eigenvalue weighted by Gasteiger charge is -2.36. The number of benzene rings is 1. The SMILES string of the molecule is Cc1cccc(N2CCN(C(=O)c3ccc(Cl)s3)CC2)c1C. The second-order valence-electron chi connectivity index (χ2n) is 5.60. The van der Waals surface area contributed by atoms with Gasteiger partial charge in [-0.05, 0) is 43.2 Å². The van der Waals surface area contributed by atoms with Gasteiger partial charge in [0.25, 0.3) is 5.91 Å². The second kappa shape index (κ2) is 6.31. The Hall–Kier alpha value is -1.52. The summed E-state index contributed by atoms with van der Waals surface area (Å²) in [5.74, 6) is 0.0949. The van der Waals surface area contributed by atoms with Crippen LogP contribution in [-0.4, -0.2) is 37.0 Å². The van der Waals surface area contributed by atoms with Crippen LogP contribution in [0.1, 0.15) is 20.8 Å². The molecule has 0 unspecified atom stereocenters. The smallest absolute Gasteiger partial charge is 0.264 e. The Kier molecular flexibility index (Phi) is 4.41. The molecule has 5 heteroatoms. The van der Waals surface area contributed by atoms with E-state index in [1.807, 2.05) is 11.0 Å². The number of piperazine rings is 1. The molecule has 0 N–H and O–H groups in total. The van der Waals surface area contributed by atoms with Crippen LogP contribution in [0.2, 0.25) is 4.34 Å². The van der Waals surface area contributed by atoms with Gasteiger partial charge in [0.1, 0.15) is 0 Å². The summed E-state index contributed by atoms with van der Waals surface area (Å²) in [6.45, 7) is 7.54. The van der Waals surface area contributed by atoms with Gasteiger partial charge in [-0.25, -0.2) is 0 Å². The quantitative estimate of drug-likeness (QED) is 0.829. The topological polar surface area (TPSA) is 23.6 Å². The second-order valence-corrected chi connectivity index (χ2v) is 7.32. The zero-order valence-electron chi connectivity index (χ0n) is 12.8. The number of amides is 1. The highest BCUT2D eigenvalue weighted by atomic mass is 35.5. The molecule has 2 heterocycles. The molecule has 3 nitrogen and oxygen atoms in total. The number of rotatable bonds is 2. The highest BCUT2D eigenvalue weighted by Gasteiger charge is 2.24. The molecule has 1 aromatic carbocycles. The Bertz CT molecular complexity index is 690. The van der Waals surface area contributed by atoms with Crippen LogP contribution in [0.4, 0.5) is 5.69 Å². The molecular formula is C17H19ClN2OS. The molecule has 1 aromatic heterocycles. The average Bonchev–Trinajstić information content (AvgIpc) is 2.96. The Morgan fingerprint density at radius 2 is 1.82 bits per heavy atom. The fraction of sp³-hybridized carbons (Fsp3) is 0.353. The maximum absolute atomic E-state index is 12.4. The predicted molar refractivity (Wildman–Crippen MR) is 93.4 cm³/mol. The van der Waals surface area contributed by atoms with E-state index in [2.05, 4.69) is 36.9 Å². The first-order valence-corrected chi connectivity index (χ1v) is 8.61. The minimum Gasteiger partial charge on any atom is -0.368 e. The van der Waals surface area contributed by atoms with E-state index in [4.69, 9.17) is 11.6 Å². The van der Waals surface area contributed by atoms with E-state index in [0.717, 1.165) is 31.1 Å². The highest BCUT2D eigenvalue weighted by molar-refractivity contribution is 7.17. The normalized spacial score (nSPS) is 15.2. The maximum Gasteiger partial charge on any atom is 0.264 e. The number of halogens is 1. The molecule has 0 radical (unpaired) electrons. The minimum absolute atomic E-state index is 0.0949. The first-order chi connectivity index (χ1) is 10.6. The lowest BCUT2D eigenvalue weighted by Crippen LogP contribution is -2.48. The molecule has 3 rings (SSSR count). The van der Waals surface area contributed by atoms with Crippen LogP contribution >= 0.6 is 22.9 Å².